The van der Waals surface area contributed by atoms with Gasteiger partial charge in [-0.15, -0.1) is 0 Å². The first-order chi connectivity index (χ1) is 32.2. The molecule has 0 aliphatic rings. The molecule has 0 aromatic rings. The second-order valence-electron chi connectivity index (χ2n) is 20.1. The molecule has 0 saturated carbocycles. The average molecular weight is 934 g/mol. The summed E-state index contributed by atoms with van der Waals surface area (Å²) in [4.78, 5) is 43.4. The smallest absolute Gasteiger partial charge is 0.410 e. The van der Waals surface area contributed by atoms with Crippen molar-refractivity contribution in [2.75, 3.05) is 33.7 Å². The van der Waals surface area contributed by atoms with Gasteiger partial charge in [-0.1, -0.05) is 182 Å². The molecule has 0 heterocycles. The zero-order chi connectivity index (χ0) is 48.6. The summed E-state index contributed by atoms with van der Waals surface area (Å²) in [6.45, 7) is 13.5. The van der Waals surface area contributed by atoms with Crippen molar-refractivity contribution in [2.45, 2.75) is 310 Å². The molecule has 8 heteroatoms. The average Bonchev–Trinajstić information content (AvgIpc) is 3.29. The van der Waals surface area contributed by atoms with Crippen LogP contribution in [0.2, 0.25) is 0 Å². The normalized spacial score (nSPS) is 11.8. The standard InChI is InChI=1S/C58H112N2O6/c1-8-13-18-31-40-51-60(52-41-50-59(6)7)58(63)66-55(46-36-27-23-25-29-38-48-56(61)64-53(42-32-19-14-9-2)43-33-20-15-10-3)47-37-28-24-26-30-39-49-57(62)65-54(44-34-21-16-11-4)45-35-22-17-12-5/h18,31,53-55H,8-17,19-30,32-52H2,1-7H3/b31-18-. The molecule has 8 nitrogen and oxygen atoms in total. The minimum absolute atomic E-state index is 0.00613. The molecule has 0 saturated heterocycles. The van der Waals surface area contributed by atoms with Crippen LogP contribution in [0.25, 0.3) is 0 Å². The molecular formula is C58H112N2O6. The molecule has 0 bridgehead atoms. The summed E-state index contributed by atoms with van der Waals surface area (Å²) in [5, 5.41) is 0. The number of carbonyl (C=O) groups is 3. The van der Waals surface area contributed by atoms with Crippen molar-refractivity contribution >= 4 is 18.0 Å². The van der Waals surface area contributed by atoms with Gasteiger partial charge in [0.15, 0.2) is 0 Å². The molecule has 0 fully saturated rings. The maximum atomic E-state index is 13.7. The van der Waals surface area contributed by atoms with Gasteiger partial charge in [0.1, 0.15) is 18.3 Å². The SMILES string of the molecule is CCC/C=C\CCN(CCCN(C)C)C(=O)OC(CCCCCCCCC(=O)OC(CCCCCC)CCCCCC)CCCCCCCCC(=O)OC(CCCCCC)CCCCCC. The van der Waals surface area contributed by atoms with Crippen molar-refractivity contribution in [3.05, 3.63) is 12.2 Å². The summed E-state index contributed by atoms with van der Waals surface area (Å²) in [7, 11) is 4.16. The lowest BCUT2D eigenvalue weighted by Gasteiger charge is -2.26. The lowest BCUT2D eigenvalue weighted by Crippen LogP contribution is -2.37. The van der Waals surface area contributed by atoms with Crippen LogP contribution in [0.3, 0.4) is 0 Å². The Morgan fingerprint density at radius 3 is 1.06 bits per heavy atom. The third-order valence-corrected chi connectivity index (χ3v) is 13.2. The topological polar surface area (TPSA) is 85.4 Å². The van der Waals surface area contributed by atoms with E-state index in [0.29, 0.717) is 25.9 Å². The van der Waals surface area contributed by atoms with Gasteiger partial charge in [0, 0.05) is 25.9 Å². The zero-order valence-electron chi connectivity index (χ0n) is 45.1. The predicted octanol–water partition coefficient (Wildman–Crippen LogP) is 17.4. The Bertz CT molecular complexity index is 1020. The summed E-state index contributed by atoms with van der Waals surface area (Å²) < 4.78 is 18.4. The first-order valence-electron chi connectivity index (χ1n) is 28.8. The summed E-state index contributed by atoms with van der Waals surface area (Å²) >= 11 is 0. The van der Waals surface area contributed by atoms with Gasteiger partial charge < -0.3 is 24.0 Å². The minimum Gasteiger partial charge on any atom is -0.462 e. The van der Waals surface area contributed by atoms with Gasteiger partial charge in [-0.3, -0.25) is 9.59 Å². The van der Waals surface area contributed by atoms with E-state index in [4.69, 9.17) is 14.2 Å². The van der Waals surface area contributed by atoms with Crippen LogP contribution >= 0.6 is 0 Å². The fourth-order valence-electron chi connectivity index (χ4n) is 8.89. The van der Waals surface area contributed by atoms with E-state index < -0.39 is 0 Å². The highest BCUT2D eigenvalue weighted by molar-refractivity contribution is 5.70. The summed E-state index contributed by atoms with van der Waals surface area (Å²) in [6.07, 6.45) is 47.6. The molecule has 0 spiro atoms. The van der Waals surface area contributed by atoms with Crippen molar-refractivity contribution in [1.29, 1.82) is 0 Å². The predicted molar refractivity (Wildman–Crippen MR) is 282 cm³/mol. The van der Waals surface area contributed by atoms with Gasteiger partial charge in [0.25, 0.3) is 0 Å². The largest absolute Gasteiger partial charge is 0.462 e. The molecule has 0 aromatic carbocycles. The number of carbonyl (C=O) groups excluding carboxylic acids is 3. The van der Waals surface area contributed by atoms with Crippen LogP contribution in [0, 0.1) is 0 Å². The van der Waals surface area contributed by atoms with E-state index in [1.54, 1.807) is 0 Å². The van der Waals surface area contributed by atoms with E-state index in [1.165, 1.54) is 77.0 Å². The van der Waals surface area contributed by atoms with E-state index in [2.05, 4.69) is 65.8 Å². The molecule has 390 valence electrons. The minimum atomic E-state index is -0.158. The van der Waals surface area contributed by atoms with Crippen molar-refractivity contribution in [3.63, 3.8) is 0 Å². The van der Waals surface area contributed by atoms with Gasteiger partial charge in [-0.05, 0) is 130 Å². The zero-order valence-corrected chi connectivity index (χ0v) is 45.1. The Kier molecular flexibility index (Phi) is 47.8. The number of rotatable bonds is 50. The lowest BCUT2D eigenvalue weighted by molar-refractivity contribution is -0.151. The van der Waals surface area contributed by atoms with Crippen molar-refractivity contribution in [3.8, 4) is 0 Å². The highest BCUT2D eigenvalue weighted by atomic mass is 16.6. The van der Waals surface area contributed by atoms with Gasteiger partial charge in [0.2, 0.25) is 0 Å². The number of hydrogen-bond donors (Lipinski definition) is 0. The quantitative estimate of drug-likeness (QED) is 0.0260. The van der Waals surface area contributed by atoms with Crippen molar-refractivity contribution in [1.82, 2.24) is 9.80 Å². The molecule has 1 amide bonds. The van der Waals surface area contributed by atoms with Crippen LogP contribution < -0.4 is 0 Å². The summed E-state index contributed by atoms with van der Waals surface area (Å²) in [5.74, 6) is -0.0123. The number of ether oxygens (including phenoxy) is 3. The van der Waals surface area contributed by atoms with Gasteiger partial charge in [-0.2, -0.15) is 0 Å². The van der Waals surface area contributed by atoms with Crippen LogP contribution in [0.1, 0.15) is 291 Å². The Morgan fingerprint density at radius 2 is 0.697 bits per heavy atom. The fourth-order valence-corrected chi connectivity index (χ4v) is 8.89. The molecule has 0 N–H and O–H groups in total. The fraction of sp³-hybridized carbons (Fsp3) is 0.914. The third-order valence-electron chi connectivity index (χ3n) is 13.2. The summed E-state index contributed by atoms with van der Waals surface area (Å²) in [5.41, 5.74) is 0. The molecular weight excluding hydrogens is 821 g/mol. The maximum absolute atomic E-state index is 13.7. The molecule has 66 heavy (non-hydrogen) atoms. The Morgan fingerprint density at radius 1 is 0.364 bits per heavy atom. The maximum Gasteiger partial charge on any atom is 0.410 e. The lowest BCUT2D eigenvalue weighted by atomic mass is 10.0. The van der Waals surface area contributed by atoms with E-state index in [0.717, 1.165) is 173 Å². The van der Waals surface area contributed by atoms with E-state index in [-0.39, 0.29) is 36.3 Å². The molecule has 0 rings (SSSR count). The van der Waals surface area contributed by atoms with Crippen LogP contribution in [0.4, 0.5) is 4.79 Å². The first-order valence-corrected chi connectivity index (χ1v) is 28.8. The third kappa shape index (κ3) is 43.2. The van der Waals surface area contributed by atoms with E-state index >= 15 is 0 Å². The Labute approximate surface area is 410 Å². The highest BCUT2D eigenvalue weighted by Gasteiger charge is 2.21. The Balaban J connectivity index is 5.00. The highest BCUT2D eigenvalue weighted by Crippen LogP contribution is 2.21. The molecule has 0 aromatic heterocycles. The summed E-state index contributed by atoms with van der Waals surface area (Å²) in [6, 6.07) is 0. The molecule has 0 unspecified atom stereocenters. The van der Waals surface area contributed by atoms with Crippen LogP contribution in [0.5, 0.6) is 0 Å². The first kappa shape index (κ1) is 63.9. The second kappa shape index (κ2) is 49.3. The van der Waals surface area contributed by atoms with Crippen molar-refractivity contribution < 1.29 is 28.6 Å². The molecule has 0 aliphatic carbocycles. The van der Waals surface area contributed by atoms with Crippen LogP contribution in [0.15, 0.2) is 12.2 Å². The van der Waals surface area contributed by atoms with Gasteiger partial charge in [-0.25, -0.2) is 4.79 Å². The van der Waals surface area contributed by atoms with Gasteiger partial charge >= 0.3 is 18.0 Å². The number of nitrogens with zero attached hydrogens (tertiary/aromatic N) is 2. The number of amides is 1. The second-order valence-corrected chi connectivity index (χ2v) is 20.1. The van der Waals surface area contributed by atoms with E-state index in [1.807, 2.05) is 4.90 Å². The number of allylic oxidation sites excluding steroid dienone is 1. The van der Waals surface area contributed by atoms with E-state index in [9.17, 15) is 14.4 Å². The molecule has 0 radical (unpaired) electrons. The van der Waals surface area contributed by atoms with Crippen LogP contribution in [-0.2, 0) is 23.8 Å². The number of unbranched alkanes of at least 4 members (excludes halogenated alkanes) is 23. The number of hydrogen-bond acceptors (Lipinski definition) is 7. The molecule has 0 atom stereocenters. The number of esters is 2. The van der Waals surface area contributed by atoms with Crippen LogP contribution in [-0.4, -0.2) is 79.9 Å². The van der Waals surface area contributed by atoms with Crippen molar-refractivity contribution in [2.24, 2.45) is 0 Å². The Hall–Kier alpha value is -2.09. The van der Waals surface area contributed by atoms with Gasteiger partial charge in [0.05, 0.1) is 0 Å². The monoisotopic (exact) mass is 933 g/mol. The molecule has 0 aliphatic heterocycles.